The van der Waals surface area contributed by atoms with Crippen molar-refractivity contribution in [1.82, 2.24) is 0 Å². The third-order valence-corrected chi connectivity index (χ3v) is 2.16. The standard InChI is InChI=1S/C11H14N4/c1-8(2)9-3-5-10(6-4-9)15(7-12)11(13)14/h3-6,8H,1-2H3,(H3,13,14). The SMILES string of the molecule is CC(C)c1ccc(N(C#N)C(=N)N)cc1. The highest BCUT2D eigenvalue weighted by atomic mass is 15.2. The quantitative estimate of drug-likeness (QED) is 0.333. The molecule has 78 valence electrons. The van der Waals surface area contributed by atoms with Gasteiger partial charge in [-0.3, -0.25) is 5.41 Å². The second-order valence-corrected chi connectivity index (χ2v) is 3.57. The molecule has 0 unspecified atom stereocenters. The summed E-state index contributed by atoms with van der Waals surface area (Å²) >= 11 is 0. The van der Waals surface area contributed by atoms with Gasteiger partial charge in [0, 0.05) is 0 Å². The van der Waals surface area contributed by atoms with Gasteiger partial charge < -0.3 is 5.73 Å². The zero-order valence-electron chi connectivity index (χ0n) is 8.86. The molecular formula is C11H14N4. The molecule has 0 bridgehead atoms. The molecule has 0 saturated heterocycles. The van der Waals surface area contributed by atoms with Crippen molar-refractivity contribution in [3.05, 3.63) is 29.8 Å². The molecular weight excluding hydrogens is 188 g/mol. The van der Waals surface area contributed by atoms with E-state index in [1.807, 2.05) is 18.3 Å². The monoisotopic (exact) mass is 202 g/mol. The van der Waals surface area contributed by atoms with Crippen LogP contribution in [-0.4, -0.2) is 5.96 Å². The Kier molecular flexibility index (Phi) is 3.29. The largest absolute Gasteiger partial charge is 0.369 e. The van der Waals surface area contributed by atoms with Crippen LogP contribution in [0.25, 0.3) is 0 Å². The van der Waals surface area contributed by atoms with E-state index in [9.17, 15) is 0 Å². The van der Waals surface area contributed by atoms with Crippen LogP contribution < -0.4 is 10.6 Å². The first kappa shape index (κ1) is 11.1. The highest BCUT2D eigenvalue weighted by Crippen LogP contribution is 2.19. The Bertz CT molecular complexity index is 386. The molecule has 0 aliphatic rings. The summed E-state index contributed by atoms with van der Waals surface area (Å²) in [5.41, 5.74) is 7.08. The molecule has 0 heterocycles. The van der Waals surface area contributed by atoms with Gasteiger partial charge in [-0.05, 0) is 23.6 Å². The van der Waals surface area contributed by atoms with Gasteiger partial charge in [0.2, 0.25) is 5.96 Å². The van der Waals surface area contributed by atoms with E-state index in [2.05, 4.69) is 13.8 Å². The zero-order valence-corrected chi connectivity index (χ0v) is 8.86. The van der Waals surface area contributed by atoms with Crippen molar-refractivity contribution in [3.63, 3.8) is 0 Å². The minimum atomic E-state index is -0.269. The lowest BCUT2D eigenvalue weighted by atomic mass is 10.0. The average molecular weight is 202 g/mol. The summed E-state index contributed by atoms with van der Waals surface area (Å²) in [5, 5.41) is 16.0. The number of nitriles is 1. The topological polar surface area (TPSA) is 76.9 Å². The average Bonchev–Trinajstić information content (AvgIpc) is 2.19. The molecule has 0 amide bonds. The Labute approximate surface area is 89.4 Å². The number of nitrogens with one attached hydrogen (secondary N) is 1. The lowest BCUT2D eigenvalue weighted by molar-refractivity contribution is 0.867. The van der Waals surface area contributed by atoms with Crippen molar-refractivity contribution in [1.29, 1.82) is 10.7 Å². The van der Waals surface area contributed by atoms with Gasteiger partial charge in [0.05, 0.1) is 5.69 Å². The fraction of sp³-hybridized carbons (Fsp3) is 0.273. The van der Waals surface area contributed by atoms with Crippen LogP contribution in [0.4, 0.5) is 5.69 Å². The molecule has 4 heteroatoms. The molecule has 1 aromatic rings. The van der Waals surface area contributed by atoms with Crippen LogP contribution in [0.2, 0.25) is 0 Å². The van der Waals surface area contributed by atoms with E-state index >= 15 is 0 Å². The lowest BCUT2D eigenvalue weighted by Crippen LogP contribution is -2.32. The second-order valence-electron chi connectivity index (χ2n) is 3.57. The highest BCUT2D eigenvalue weighted by Gasteiger charge is 2.08. The third-order valence-electron chi connectivity index (χ3n) is 2.16. The van der Waals surface area contributed by atoms with E-state index in [0.717, 1.165) is 4.90 Å². The Hall–Kier alpha value is -2.02. The number of anilines is 1. The van der Waals surface area contributed by atoms with E-state index in [1.165, 1.54) is 5.56 Å². The summed E-state index contributed by atoms with van der Waals surface area (Å²) in [5.74, 6) is 0.182. The number of nitrogens with zero attached hydrogens (tertiary/aromatic N) is 2. The van der Waals surface area contributed by atoms with Gasteiger partial charge in [-0.25, -0.2) is 4.90 Å². The minimum absolute atomic E-state index is 0.269. The molecule has 4 nitrogen and oxygen atoms in total. The summed E-state index contributed by atoms with van der Waals surface area (Å²) in [4.78, 5) is 1.07. The Morgan fingerprint density at radius 3 is 2.27 bits per heavy atom. The van der Waals surface area contributed by atoms with E-state index in [0.29, 0.717) is 11.6 Å². The van der Waals surface area contributed by atoms with Gasteiger partial charge in [0.25, 0.3) is 0 Å². The van der Waals surface area contributed by atoms with Gasteiger partial charge in [0.15, 0.2) is 6.19 Å². The molecule has 0 aliphatic heterocycles. The lowest BCUT2D eigenvalue weighted by Gasteiger charge is -2.13. The summed E-state index contributed by atoms with van der Waals surface area (Å²) in [7, 11) is 0. The summed E-state index contributed by atoms with van der Waals surface area (Å²) in [6.45, 7) is 4.20. The van der Waals surface area contributed by atoms with Crippen LogP contribution in [0.1, 0.15) is 25.3 Å². The van der Waals surface area contributed by atoms with E-state index in [1.54, 1.807) is 12.1 Å². The minimum Gasteiger partial charge on any atom is -0.369 e. The number of hydrogen-bond donors (Lipinski definition) is 2. The van der Waals surface area contributed by atoms with Gasteiger partial charge in [0.1, 0.15) is 0 Å². The first-order chi connectivity index (χ1) is 7.06. The van der Waals surface area contributed by atoms with Gasteiger partial charge in [-0.15, -0.1) is 0 Å². The van der Waals surface area contributed by atoms with Crippen molar-refractivity contribution in [2.24, 2.45) is 5.73 Å². The van der Waals surface area contributed by atoms with Gasteiger partial charge in [-0.1, -0.05) is 26.0 Å². The smallest absolute Gasteiger partial charge is 0.206 e. The highest BCUT2D eigenvalue weighted by molar-refractivity contribution is 5.95. The molecule has 1 aromatic carbocycles. The maximum absolute atomic E-state index is 8.78. The zero-order chi connectivity index (χ0) is 11.4. The number of benzene rings is 1. The Balaban J connectivity index is 2.98. The van der Waals surface area contributed by atoms with E-state index in [-0.39, 0.29) is 5.96 Å². The van der Waals surface area contributed by atoms with Crippen LogP contribution in [0.5, 0.6) is 0 Å². The Morgan fingerprint density at radius 2 is 1.93 bits per heavy atom. The summed E-state index contributed by atoms with van der Waals surface area (Å²) in [6, 6.07) is 7.46. The molecule has 0 saturated carbocycles. The first-order valence-electron chi connectivity index (χ1n) is 4.70. The number of hydrogen-bond acceptors (Lipinski definition) is 2. The molecule has 0 aliphatic carbocycles. The molecule has 15 heavy (non-hydrogen) atoms. The van der Waals surface area contributed by atoms with Crippen LogP contribution in [0, 0.1) is 16.9 Å². The molecule has 0 atom stereocenters. The maximum atomic E-state index is 8.78. The normalized spacial score (nSPS) is 9.73. The van der Waals surface area contributed by atoms with Gasteiger partial charge >= 0.3 is 0 Å². The second kappa shape index (κ2) is 4.47. The third kappa shape index (κ3) is 2.47. The van der Waals surface area contributed by atoms with Crippen molar-refractivity contribution in [2.45, 2.75) is 19.8 Å². The molecule has 0 radical (unpaired) electrons. The van der Waals surface area contributed by atoms with E-state index < -0.39 is 0 Å². The molecule has 1 rings (SSSR count). The molecule has 0 aromatic heterocycles. The predicted molar refractivity (Wildman–Crippen MR) is 60.5 cm³/mol. The summed E-state index contributed by atoms with van der Waals surface area (Å²) in [6.07, 6.45) is 1.85. The van der Waals surface area contributed by atoms with Crippen molar-refractivity contribution >= 4 is 11.6 Å². The van der Waals surface area contributed by atoms with Crippen LogP contribution in [0.15, 0.2) is 24.3 Å². The van der Waals surface area contributed by atoms with Gasteiger partial charge in [-0.2, -0.15) is 5.26 Å². The molecule has 0 spiro atoms. The number of rotatable bonds is 2. The van der Waals surface area contributed by atoms with Crippen molar-refractivity contribution in [3.8, 4) is 6.19 Å². The van der Waals surface area contributed by atoms with Crippen LogP contribution in [0.3, 0.4) is 0 Å². The maximum Gasteiger partial charge on any atom is 0.206 e. The van der Waals surface area contributed by atoms with Crippen molar-refractivity contribution < 1.29 is 0 Å². The number of nitrogens with two attached hydrogens (primary N) is 1. The fourth-order valence-corrected chi connectivity index (χ4v) is 1.26. The Morgan fingerprint density at radius 1 is 1.40 bits per heavy atom. The molecule has 3 N–H and O–H groups in total. The van der Waals surface area contributed by atoms with Crippen LogP contribution >= 0.6 is 0 Å². The fourth-order valence-electron chi connectivity index (χ4n) is 1.26. The van der Waals surface area contributed by atoms with E-state index in [4.69, 9.17) is 16.4 Å². The predicted octanol–water partition coefficient (Wildman–Crippen LogP) is 1.99. The summed E-state index contributed by atoms with van der Waals surface area (Å²) < 4.78 is 0. The van der Waals surface area contributed by atoms with Crippen molar-refractivity contribution in [2.75, 3.05) is 4.90 Å². The number of guanidine groups is 1. The van der Waals surface area contributed by atoms with Crippen LogP contribution in [-0.2, 0) is 0 Å². The first-order valence-corrected chi connectivity index (χ1v) is 4.70. The molecule has 0 fully saturated rings.